The largest absolute Gasteiger partial charge is 0.326 e. The maximum Gasteiger partial charge on any atom is 0.312 e. The summed E-state index contributed by atoms with van der Waals surface area (Å²) in [6, 6.07) is 0. The number of rotatable bonds is 13. The molecule has 0 unspecified atom stereocenters. The Balaban J connectivity index is 2.54. The molecule has 1 rings (SSSR count). The van der Waals surface area contributed by atoms with Crippen LogP contribution >= 0.6 is 0 Å². The summed E-state index contributed by atoms with van der Waals surface area (Å²) in [5.74, 6) is -1.75. The van der Waals surface area contributed by atoms with Gasteiger partial charge in [-0.2, -0.15) is 5.11 Å². The minimum absolute atomic E-state index is 0.311. The van der Waals surface area contributed by atoms with Crippen molar-refractivity contribution in [1.29, 1.82) is 0 Å². The van der Waals surface area contributed by atoms with Crippen LogP contribution in [0.25, 0.3) is 0 Å². The minimum Gasteiger partial charge on any atom is -0.326 e. The minimum atomic E-state index is -2.78. The topological polar surface area (TPSA) is 38.4 Å². The second-order valence-electron chi connectivity index (χ2n) is 7.04. The molecule has 0 amide bonds. The van der Waals surface area contributed by atoms with Crippen LogP contribution in [-0.4, -0.2) is 27.6 Å². The van der Waals surface area contributed by atoms with Crippen LogP contribution in [0.4, 0.5) is 4.11 Å². The molecule has 139 valence electrons. The van der Waals surface area contributed by atoms with E-state index in [9.17, 15) is 9.21 Å². The van der Waals surface area contributed by atoms with Gasteiger partial charge in [0.1, 0.15) is 0 Å². The van der Waals surface area contributed by atoms with E-state index in [1.54, 1.807) is 13.1 Å². The van der Waals surface area contributed by atoms with Crippen LogP contribution in [0.15, 0.2) is 22.9 Å². The summed E-state index contributed by atoms with van der Waals surface area (Å²) in [6.07, 6.45) is 10.2. The zero-order valence-electron chi connectivity index (χ0n) is 15.8. The number of allylic oxidation sites excluding steroid dienone is 4. The molecule has 1 aliphatic carbocycles. The first-order valence-corrected chi connectivity index (χ1v) is 12.3. The molecule has 0 aromatic heterocycles. The molecule has 0 fully saturated rings. The summed E-state index contributed by atoms with van der Waals surface area (Å²) in [5, 5.41) is 13.7. The Morgan fingerprint density at radius 2 is 1.71 bits per heavy atom. The monoisotopic (exact) mass is 357 g/mol. The Hall–Kier alpha value is -0.493. The third kappa shape index (κ3) is 7.60. The van der Waals surface area contributed by atoms with Crippen molar-refractivity contribution in [2.75, 3.05) is 13.2 Å². The fourth-order valence-electron chi connectivity index (χ4n) is 2.85. The summed E-state index contributed by atoms with van der Waals surface area (Å²) in [7, 11) is -2.78. The second-order valence-corrected chi connectivity index (χ2v) is 10.5. The van der Waals surface area contributed by atoms with Crippen LogP contribution < -0.4 is 0 Å². The van der Waals surface area contributed by atoms with E-state index in [0.29, 0.717) is 26.1 Å². The molecule has 0 N–H and O–H groups in total. The summed E-state index contributed by atoms with van der Waals surface area (Å²) in [6.45, 7) is 8.45. The first-order chi connectivity index (χ1) is 11.3. The van der Waals surface area contributed by atoms with Crippen molar-refractivity contribution in [3.8, 4) is 0 Å². The molecule has 0 spiro atoms. The van der Waals surface area contributed by atoms with E-state index in [-0.39, 0.29) is 0 Å². The number of hydrogen-bond acceptors (Lipinski definition) is 2. The van der Waals surface area contributed by atoms with E-state index in [4.69, 9.17) is 9.47 Å². The van der Waals surface area contributed by atoms with E-state index >= 15 is 0 Å². The standard InChI is InChI=1S/C19H34FO3Si/c1-5-7-15-22-19(21,23-16-8-6-2)14-10-12-17-11-9-13-18(17)24(3,4)20/h9,13H,5-8,10-12,14-16H2,1-4H3. The average molecular weight is 358 g/mol. The predicted octanol–water partition coefficient (Wildman–Crippen LogP) is 5.84. The highest BCUT2D eigenvalue weighted by Gasteiger charge is 2.32. The van der Waals surface area contributed by atoms with Gasteiger partial charge >= 0.3 is 5.97 Å². The van der Waals surface area contributed by atoms with E-state index in [1.165, 1.54) is 0 Å². The van der Waals surface area contributed by atoms with Crippen molar-refractivity contribution in [3.05, 3.63) is 22.9 Å². The number of halogens is 1. The Bertz CT molecular complexity index is 417. The Labute approximate surface area is 148 Å². The number of ether oxygens (including phenoxy) is 2. The zero-order chi connectivity index (χ0) is 18.1. The van der Waals surface area contributed by atoms with Crippen molar-refractivity contribution in [2.24, 2.45) is 0 Å². The highest BCUT2D eigenvalue weighted by atomic mass is 28.4. The molecular formula is C19H34FO3Si. The quantitative estimate of drug-likeness (QED) is 0.180. The summed E-state index contributed by atoms with van der Waals surface area (Å²) in [5.41, 5.74) is 1.15. The van der Waals surface area contributed by atoms with Gasteiger partial charge < -0.3 is 13.6 Å². The van der Waals surface area contributed by atoms with Gasteiger partial charge in [0.2, 0.25) is 0 Å². The fourth-order valence-corrected chi connectivity index (χ4v) is 4.43. The number of hydrogen-bond donors (Lipinski definition) is 0. The highest BCUT2D eigenvalue weighted by molar-refractivity contribution is 6.78. The molecule has 0 saturated carbocycles. The van der Waals surface area contributed by atoms with Crippen LogP contribution in [-0.2, 0) is 14.6 Å². The molecular weight excluding hydrogens is 323 g/mol. The van der Waals surface area contributed by atoms with E-state index in [1.807, 2.05) is 12.2 Å². The summed E-state index contributed by atoms with van der Waals surface area (Å²) >= 11 is 0. The molecule has 0 aromatic carbocycles. The zero-order valence-corrected chi connectivity index (χ0v) is 16.8. The SMILES string of the molecule is CCCCOC([O])(CCCC1=C([Si](C)(C)F)C=CC1)OCCCC. The second kappa shape index (κ2) is 10.5. The lowest BCUT2D eigenvalue weighted by Crippen LogP contribution is -2.35. The molecule has 5 heteroatoms. The molecule has 0 saturated heterocycles. The smallest absolute Gasteiger partial charge is 0.312 e. The molecule has 3 nitrogen and oxygen atoms in total. The van der Waals surface area contributed by atoms with Crippen molar-refractivity contribution >= 4 is 8.41 Å². The van der Waals surface area contributed by atoms with Gasteiger partial charge in [0, 0.05) is 6.42 Å². The normalized spacial score (nSPS) is 15.6. The van der Waals surface area contributed by atoms with Gasteiger partial charge in [0.15, 0.2) is 0 Å². The lowest BCUT2D eigenvalue weighted by atomic mass is 10.1. The van der Waals surface area contributed by atoms with Crippen LogP contribution in [0, 0.1) is 0 Å². The molecule has 24 heavy (non-hydrogen) atoms. The van der Waals surface area contributed by atoms with Crippen LogP contribution in [0.1, 0.15) is 65.2 Å². The van der Waals surface area contributed by atoms with Crippen molar-refractivity contribution in [2.45, 2.75) is 84.3 Å². The maximum atomic E-state index is 14.3. The molecule has 0 aliphatic heterocycles. The van der Waals surface area contributed by atoms with Crippen molar-refractivity contribution in [3.63, 3.8) is 0 Å². The molecule has 1 radical (unpaired) electrons. The van der Waals surface area contributed by atoms with Gasteiger partial charge in [-0.3, -0.25) is 0 Å². The van der Waals surface area contributed by atoms with Crippen molar-refractivity contribution < 1.29 is 18.7 Å². The van der Waals surface area contributed by atoms with Gasteiger partial charge in [-0.25, -0.2) is 0 Å². The van der Waals surface area contributed by atoms with Gasteiger partial charge in [-0.1, -0.05) is 44.4 Å². The molecule has 0 atom stereocenters. The maximum absolute atomic E-state index is 14.3. The fraction of sp³-hybridized carbons (Fsp3) is 0.789. The summed E-state index contributed by atoms with van der Waals surface area (Å²) in [4.78, 5) is 0. The van der Waals surface area contributed by atoms with Crippen LogP contribution in [0.5, 0.6) is 0 Å². The predicted molar refractivity (Wildman–Crippen MR) is 98.4 cm³/mol. The lowest BCUT2D eigenvalue weighted by Gasteiger charge is -2.26. The molecule has 0 heterocycles. The first kappa shape index (κ1) is 21.5. The Morgan fingerprint density at radius 3 is 2.21 bits per heavy atom. The van der Waals surface area contributed by atoms with Crippen molar-refractivity contribution in [1.82, 2.24) is 0 Å². The number of unbranched alkanes of at least 4 members (excludes halogenated alkanes) is 2. The third-order valence-electron chi connectivity index (χ3n) is 4.27. The lowest BCUT2D eigenvalue weighted by molar-refractivity contribution is -0.391. The molecule has 0 bridgehead atoms. The summed E-state index contributed by atoms with van der Waals surface area (Å²) < 4.78 is 25.3. The first-order valence-electron chi connectivity index (χ1n) is 9.38. The average Bonchev–Trinajstić information content (AvgIpc) is 2.96. The van der Waals surface area contributed by atoms with Crippen LogP contribution in [0.2, 0.25) is 13.1 Å². The Kier molecular flexibility index (Phi) is 9.42. The molecule has 0 aromatic rings. The third-order valence-corrected chi connectivity index (χ3v) is 6.07. The van der Waals surface area contributed by atoms with Gasteiger partial charge in [0.25, 0.3) is 8.41 Å². The molecule has 1 aliphatic rings. The van der Waals surface area contributed by atoms with Gasteiger partial charge in [-0.15, -0.1) is 0 Å². The van der Waals surface area contributed by atoms with E-state index < -0.39 is 14.4 Å². The van der Waals surface area contributed by atoms with E-state index in [2.05, 4.69) is 13.8 Å². The Morgan fingerprint density at radius 1 is 1.12 bits per heavy atom. The van der Waals surface area contributed by atoms with E-state index in [0.717, 1.165) is 49.3 Å². The van der Waals surface area contributed by atoms with Crippen LogP contribution in [0.3, 0.4) is 0 Å². The highest BCUT2D eigenvalue weighted by Crippen LogP contribution is 2.32. The van der Waals surface area contributed by atoms with Gasteiger partial charge in [0.05, 0.1) is 13.2 Å². The van der Waals surface area contributed by atoms with Gasteiger partial charge in [-0.05, 0) is 50.4 Å².